The van der Waals surface area contributed by atoms with E-state index in [1.165, 1.54) is 42.3 Å². The summed E-state index contributed by atoms with van der Waals surface area (Å²) in [6.45, 7) is 3.04. The number of nitrogens with one attached hydrogen (secondary N) is 1. The van der Waals surface area contributed by atoms with Gasteiger partial charge in [0.1, 0.15) is 0 Å². The zero-order valence-electron chi connectivity index (χ0n) is 14.2. The minimum Gasteiger partial charge on any atom is -0.479 e. The molecule has 1 amide bonds. The second kappa shape index (κ2) is 7.08. The lowest BCUT2D eigenvalue weighted by molar-refractivity contribution is -0.146. The molecule has 0 atom stereocenters. The van der Waals surface area contributed by atoms with Crippen molar-refractivity contribution in [2.75, 3.05) is 5.32 Å². The summed E-state index contributed by atoms with van der Waals surface area (Å²) in [4.78, 5) is 27.5. The SMILES string of the molecule is CC(C)(C(=O)O)n1cc(NC(=O)CCc2nc(-c3ccsc3)no2)cn1. The molecule has 3 heterocycles. The van der Waals surface area contributed by atoms with E-state index >= 15 is 0 Å². The fourth-order valence-corrected chi connectivity index (χ4v) is 2.73. The average molecular weight is 375 g/mol. The van der Waals surface area contributed by atoms with Crippen LogP contribution in [-0.4, -0.2) is 36.9 Å². The maximum Gasteiger partial charge on any atom is 0.331 e. The predicted octanol–water partition coefficient (Wildman–Crippen LogP) is 2.39. The summed E-state index contributed by atoms with van der Waals surface area (Å²) in [5, 5.41) is 23.6. The molecule has 9 nitrogen and oxygen atoms in total. The first-order chi connectivity index (χ1) is 12.4. The van der Waals surface area contributed by atoms with Crippen LogP contribution in [0.4, 0.5) is 5.69 Å². The Morgan fingerprint density at radius 1 is 1.42 bits per heavy atom. The van der Waals surface area contributed by atoms with Gasteiger partial charge in [-0.3, -0.25) is 9.48 Å². The van der Waals surface area contributed by atoms with Gasteiger partial charge in [-0.1, -0.05) is 5.16 Å². The lowest BCUT2D eigenvalue weighted by atomic mass is 10.1. The molecular formula is C16H17N5O4S. The number of rotatable bonds is 7. The van der Waals surface area contributed by atoms with Gasteiger partial charge in [0.05, 0.1) is 11.9 Å². The second-order valence-electron chi connectivity index (χ2n) is 6.11. The minimum absolute atomic E-state index is 0.152. The number of carbonyl (C=O) groups is 2. The monoisotopic (exact) mass is 375 g/mol. The largest absolute Gasteiger partial charge is 0.479 e. The van der Waals surface area contributed by atoms with Crippen molar-refractivity contribution in [2.45, 2.75) is 32.2 Å². The standard InChI is InChI=1S/C16H17N5O4S/c1-16(2,15(23)24)21-8-11(7-17-21)18-12(22)3-4-13-19-14(20-25-13)10-5-6-26-9-10/h5-9H,3-4H2,1-2H3,(H,18,22)(H,23,24). The van der Waals surface area contributed by atoms with Crippen LogP contribution < -0.4 is 5.32 Å². The minimum atomic E-state index is -1.20. The fourth-order valence-electron chi connectivity index (χ4n) is 2.10. The smallest absolute Gasteiger partial charge is 0.331 e. The maximum absolute atomic E-state index is 12.1. The third kappa shape index (κ3) is 3.80. The van der Waals surface area contributed by atoms with Crippen LogP contribution in [0.3, 0.4) is 0 Å². The normalized spacial score (nSPS) is 11.5. The first kappa shape index (κ1) is 17.8. The van der Waals surface area contributed by atoms with Gasteiger partial charge >= 0.3 is 5.97 Å². The molecule has 0 aliphatic rings. The van der Waals surface area contributed by atoms with Crippen LogP contribution in [0.25, 0.3) is 11.4 Å². The van der Waals surface area contributed by atoms with E-state index in [1.54, 1.807) is 0 Å². The molecule has 0 unspecified atom stereocenters. The topological polar surface area (TPSA) is 123 Å². The highest BCUT2D eigenvalue weighted by atomic mass is 32.1. The molecule has 3 aromatic rings. The van der Waals surface area contributed by atoms with Gasteiger partial charge in [-0.2, -0.15) is 21.4 Å². The van der Waals surface area contributed by atoms with Gasteiger partial charge in [0, 0.05) is 30.0 Å². The number of carboxylic acids is 1. The summed E-state index contributed by atoms with van der Waals surface area (Å²) in [7, 11) is 0. The Labute approximate surface area is 152 Å². The summed E-state index contributed by atoms with van der Waals surface area (Å²) in [6, 6.07) is 1.89. The van der Waals surface area contributed by atoms with Gasteiger partial charge < -0.3 is 14.9 Å². The van der Waals surface area contributed by atoms with E-state index < -0.39 is 11.5 Å². The summed E-state index contributed by atoms with van der Waals surface area (Å²) in [6.07, 6.45) is 3.34. The number of aliphatic carboxylic acids is 1. The Morgan fingerprint density at radius 3 is 2.92 bits per heavy atom. The molecule has 0 saturated heterocycles. The number of aryl methyl sites for hydroxylation is 1. The van der Waals surface area contributed by atoms with Crippen LogP contribution >= 0.6 is 11.3 Å². The molecule has 3 aromatic heterocycles. The van der Waals surface area contributed by atoms with Crippen LogP contribution in [0, 0.1) is 0 Å². The number of aromatic nitrogens is 4. The first-order valence-electron chi connectivity index (χ1n) is 7.80. The summed E-state index contributed by atoms with van der Waals surface area (Å²) >= 11 is 1.54. The van der Waals surface area contributed by atoms with E-state index in [9.17, 15) is 14.7 Å². The predicted molar refractivity (Wildman–Crippen MR) is 93.7 cm³/mol. The number of hydrogen-bond acceptors (Lipinski definition) is 7. The molecule has 136 valence electrons. The highest BCUT2D eigenvalue weighted by Gasteiger charge is 2.30. The Balaban J connectivity index is 1.55. The highest BCUT2D eigenvalue weighted by molar-refractivity contribution is 7.08. The highest BCUT2D eigenvalue weighted by Crippen LogP contribution is 2.20. The molecule has 0 bridgehead atoms. The summed E-state index contributed by atoms with van der Waals surface area (Å²) in [5.41, 5.74) is 0.0989. The molecule has 2 N–H and O–H groups in total. The molecule has 0 aliphatic heterocycles. The second-order valence-corrected chi connectivity index (χ2v) is 6.89. The molecule has 10 heteroatoms. The Bertz CT molecular complexity index is 913. The van der Waals surface area contributed by atoms with Crippen molar-refractivity contribution in [1.29, 1.82) is 0 Å². The zero-order valence-corrected chi connectivity index (χ0v) is 15.0. The van der Waals surface area contributed by atoms with Gasteiger partial charge in [0.25, 0.3) is 0 Å². The van der Waals surface area contributed by atoms with E-state index in [-0.39, 0.29) is 12.3 Å². The van der Waals surface area contributed by atoms with E-state index in [2.05, 4.69) is 20.6 Å². The van der Waals surface area contributed by atoms with Crippen molar-refractivity contribution in [3.8, 4) is 11.4 Å². The van der Waals surface area contributed by atoms with Crippen LogP contribution in [0.5, 0.6) is 0 Å². The third-order valence-corrected chi connectivity index (χ3v) is 4.46. The van der Waals surface area contributed by atoms with Crippen molar-refractivity contribution in [3.05, 3.63) is 35.1 Å². The van der Waals surface area contributed by atoms with Crippen LogP contribution in [0.15, 0.2) is 33.7 Å². The van der Waals surface area contributed by atoms with Crippen molar-refractivity contribution in [3.63, 3.8) is 0 Å². The quantitative estimate of drug-likeness (QED) is 0.650. The van der Waals surface area contributed by atoms with Crippen molar-refractivity contribution >= 4 is 28.9 Å². The molecular weight excluding hydrogens is 358 g/mol. The van der Waals surface area contributed by atoms with Gasteiger partial charge in [0.15, 0.2) is 5.54 Å². The van der Waals surface area contributed by atoms with E-state index in [4.69, 9.17) is 4.52 Å². The average Bonchev–Trinajstić information content (AvgIpc) is 3.33. The number of amides is 1. The number of carboxylic acid groups (broad SMARTS) is 1. The van der Waals surface area contributed by atoms with E-state index in [1.807, 2.05) is 16.8 Å². The molecule has 0 spiro atoms. The van der Waals surface area contributed by atoms with E-state index in [0.717, 1.165) is 5.56 Å². The van der Waals surface area contributed by atoms with Gasteiger partial charge in [-0.15, -0.1) is 0 Å². The van der Waals surface area contributed by atoms with Crippen molar-refractivity contribution in [1.82, 2.24) is 19.9 Å². The summed E-state index contributed by atoms with van der Waals surface area (Å²) < 4.78 is 6.43. The van der Waals surface area contributed by atoms with Crippen LogP contribution in [0.2, 0.25) is 0 Å². The van der Waals surface area contributed by atoms with Gasteiger partial charge in [-0.05, 0) is 25.3 Å². The Morgan fingerprint density at radius 2 is 2.23 bits per heavy atom. The van der Waals surface area contributed by atoms with Crippen LogP contribution in [0.1, 0.15) is 26.2 Å². The molecule has 26 heavy (non-hydrogen) atoms. The lowest BCUT2D eigenvalue weighted by Gasteiger charge is -2.19. The zero-order chi connectivity index (χ0) is 18.7. The number of nitrogens with zero attached hydrogens (tertiary/aromatic N) is 4. The number of thiophene rings is 1. The molecule has 0 fully saturated rings. The Hall–Kier alpha value is -3.01. The Kier molecular flexibility index (Phi) is 4.85. The van der Waals surface area contributed by atoms with Gasteiger partial charge in [-0.25, -0.2) is 4.79 Å². The number of hydrogen-bond donors (Lipinski definition) is 2. The molecule has 0 aliphatic carbocycles. The molecule has 0 aromatic carbocycles. The number of anilines is 1. The summed E-state index contributed by atoms with van der Waals surface area (Å²) in [5.74, 6) is -0.396. The maximum atomic E-state index is 12.1. The van der Waals surface area contributed by atoms with Gasteiger partial charge in [0.2, 0.25) is 17.6 Å². The molecule has 3 rings (SSSR count). The van der Waals surface area contributed by atoms with Crippen molar-refractivity contribution < 1.29 is 19.2 Å². The molecule has 0 saturated carbocycles. The molecule has 0 radical (unpaired) electrons. The van der Waals surface area contributed by atoms with Crippen molar-refractivity contribution in [2.24, 2.45) is 0 Å². The lowest BCUT2D eigenvalue weighted by Crippen LogP contribution is -2.35. The number of carbonyl (C=O) groups excluding carboxylic acids is 1. The first-order valence-corrected chi connectivity index (χ1v) is 8.74. The van der Waals surface area contributed by atoms with E-state index in [0.29, 0.717) is 23.8 Å². The fraction of sp³-hybridized carbons (Fsp3) is 0.312. The third-order valence-electron chi connectivity index (χ3n) is 3.78. The van der Waals surface area contributed by atoms with Crippen LogP contribution in [-0.2, 0) is 21.5 Å².